The van der Waals surface area contributed by atoms with Gasteiger partial charge in [0.15, 0.2) is 6.61 Å². The quantitative estimate of drug-likeness (QED) is 0.852. The van der Waals surface area contributed by atoms with E-state index in [0.717, 1.165) is 37.1 Å². The van der Waals surface area contributed by atoms with E-state index in [1.54, 1.807) is 6.07 Å². The van der Waals surface area contributed by atoms with Crippen molar-refractivity contribution in [3.63, 3.8) is 0 Å². The highest BCUT2D eigenvalue weighted by Gasteiger charge is 2.26. The van der Waals surface area contributed by atoms with Crippen LogP contribution in [0.5, 0.6) is 5.75 Å². The third-order valence-electron chi connectivity index (χ3n) is 4.37. The van der Waals surface area contributed by atoms with E-state index in [0.29, 0.717) is 10.8 Å². The summed E-state index contributed by atoms with van der Waals surface area (Å²) in [7, 11) is 0. The van der Waals surface area contributed by atoms with E-state index in [2.05, 4.69) is 4.90 Å². The summed E-state index contributed by atoms with van der Waals surface area (Å²) >= 11 is 6.23. The van der Waals surface area contributed by atoms with Gasteiger partial charge >= 0.3 is 0 Å². The minimum atomic E-state index is -0.542. The molecule has 6 heteroatoms. The van der Waals surface area contributed by atoms with Gasteiger partial charge in [-0.1, -0.05) is 29.8 Å². The second-order valence-corrected chi connectivity index (χ2v) is 6.61. The number of benzene rings is 2. The molecule has 0 saturated carbocycles. The number of nitrogens with zero attached hydrogens (tertiary/aromatic N) is 1. The predicted molar refractivity (Wildman–Crippen MR) is 94.9 cm³/mol. The summed E-state index contributed by atoms with van der Waals surface area (Å²) in [6.07, 6.45) is 2.16. The highest BCUT2D eigenvalue weighted by molar-refractivity contribution is 6.32. The number of nitrogens with two attached hydrogens (primary N) is 1. The lowest BCUT2D eigenvalue weighted by atomic mass is 10.0. The molecule has 3 rings (SSSR count). The molecule has 1 saturated heterocycles. The van der Waals surface area contributed by atoms with Gasteiger partial charge in [-0.25, -0.2) is 4.39 Å². The van der Waals surface area contributed by atoms with E-state index < -0.39 is 5.91 Å². The maximum absolute atomic E-state index is 13.1. The summed E-state index contributed by atoms with van der Waals surface area (Å²) in [5.41, 5.74) is 7.26. The number of primary amides is 1. The summed E-state index contributed by atoms with van der Waals surface area (Å²) in [6, 6.07) is 12.5. The smallest absolute Gasteiger partial charge is 0.255 e. The van der Waals surface area contributed by atoms with Gasteiger partial charge in [-0.3, -0.25) is 9.69 Å². The fourth-order valence-electron chi connectivity index (χ4n) is 3.22. The molecule has 2 N–H and O–H groups in total. The van der Waals surface area contributed by atoms with Crippen molar-refractivity contribution in [2.75, 3.05) is 13.2 Å². The minimum Gasteiger partial charge on any atom is -0.482 e. The summed E-state index contributed by atoms with van der Waals surface area (Å²) in [6.45, 7) is 1.54. The van der Waals surface area contributed by atoms with Crippen molar-refractivity contribution in [3.05, 3.63) is 64.4 Å². The Hall–Kier alpha value is -2.11. The first kappa shape index (κ1) is 17.7. The van der Waals surface area contributed by atoms with Crippen molar-refractivity contribution in [1.82, 2.24) is 4.90 Å². The number of halogens is 2. The van der Waals surface area contributed by atoms with Crippen LogP contribution in [0.3, 0.4) is 0 Å². The van der Waals surface area contributed by atoms with Crippen molar-refractivity contribution < 1.29 is 13.9 Å². The molecule has 2 aromatic carbocycles. The SMILES string of the molecule is NC(=O)COc1ccc(CN2CCC[C@H]2c2ccc(F)cc2)cc1Cl. The molecule has 0 aliphatic carbocycles. The molecule has 1 aliphatic rings. The zero-order valence-corrected chi connectivity index (χ0v) is 14.5. The zero-order valence-electron chi connectivity index (χ0n) is 13.8. The molecular formula is C19H20ClFN2O2. The second kappa shape index (κ2) is 7.85. The average Bonchev–Trinajstić information content (AvgIpc) is 3.03. The normalized spacial score (nSPS) is 17.6. The van der Waals surface area contributed by atoms with E-state index in [1.165, 1.54) is 12.1 Å². The molecule has 132 valence electrons. The number of hydrogen-bond donors (Lipinski definition) is 1. The molecule has 0 aromatic heterocycles. The van der Waals surface area contributed by atoms with Gasteiger partial charge in [0, 0.05) is 12.6 Å². The highest BCUT2D eigenvalue weighted by atomic mass is 35.5. The van der Waals surface area contributed by atoms with Crippen LogP contribution < -0.4 is 10.5 Å². The molecule has 1 amide bonds. The molecular weight excluding hydrogens is 343 g/mol. The molecule has 1 fully saturated rings. The molecule has 2 aromatic rings. The van der Waals surface area contributed by atoms with Gasteiger partial charge < -0.3 is 10.5 Å². The van der Waals surface area contributed by atoms with Crippen LogP contribution in [0.15, 0.2) is 42.5 Å². The van der Waals surface area contributed by atoms with Crippen molar-refractivity contribution >= 4 is 17.5 Å². The molecule has 0 unspecified atom stereocenters. The Labute approximate surface area is 151 Å². The van der Waals surface area contributed by atoms with Gasteiger partial charge in [0.25, 0.3) is 5.91 Å². The van der Waals surface area contributed by atoms with Crippen LogP contribution in [-0.2, 0) is 11.3 Å². The summed E-state index contributed by atoms with van der Waals surface area (Å²) < 4.78 is 18.4. The number of carbonyl (C=O) groups is 1. The van der Waals surface area contributed by atoms with Crippen LogP contribution >= 0.6 is 11.6 Å². The van der Waals surface area contributed by atoms with E-state index >= 15 is 0 Å². The monoisotopic (exact) mass is 362 g/mol. The molecule has 0 bridgehead atoms. The van der Waals surface area contributed by atoms with Gasteiger partial charge in [0.1, 0.15) is 11.6 Å². The Morgan fingerprint density at radius 1 is 1.28 bits per heavy atom. The van der Waals surface area contributed by atoms with Gasteiger partial charge in [-0.15, -0.1) is 0 Å². The topological polar surface area (TPSA) is 55.6 Å². The Balaban J connectivity index is 1.69. The second-order valence-electron chi connectivity index (χ2n) is 6.20. The van der Waals surface area contributed by atoms with Crippen molar-refractivity contribution in [3.8, 4) is 5.75 Å². The lowest BCUT2D eigenvalue weighted by Gasteiger charge is -2.25. The lowest BCUT2D eigenvalue weighted by molar-refractivity contribution is -0.119. The van der Waals surface area contributed by atoms with Crippen molar-refractivity contribution in [2.24, 2.45) is 5.73 Å². The van der Waals surface area contributed by atoms with Crippen LogP contribution in [-0.4, -0.2) is 24.0 Å². The third-order valence-corrected chi connectivity index (χ3v) is 4.67. The number of hydrogen-bond acceptors (Lipinski definition) is 3. The van der Waals surface area contributed by atoms with Gasteiger partial charge in [-0.2, -0.15) is 0 Å². The molecule has 4 nitrogen and oxygen atoms in total. The highest BCUT2D eigenvalue weighted by Crippen LogP contribution is 2.34. The molecule has 0 spiro atoms. The first-order chi connectivity index (χ1) is 12.0. The van der Waals surface area contributed by atoms with Crippen LogP contribution in [0.2, 0.25) is 5.02 Å². The maximum Gasteiger partial charge on any atom is 0.255 e. The summed E-state index contributed by atoms with van der Waals surface area (Å²) in [5.74, 6) is -0.313. The average molecular weight is 363 g/mol. The van der Waals surface area contributed by atoms with Gasteiger partial charge in [0.2, 0.25) is 0 Å². The third kappa shape index (κ3) is 4.50. The minimum absolute atomic E-state index is 0.197. The number of likely N-dealkylation sites (tertiary alicyclic amines) is 1. The first-order valence-electron chi connectivity index (χ1n) is 8.22. The predicted octanol–water partition coefficient (Wildman–Crippen LogP) is 3.68. The first-order valence-corrected chi connectivity index (χ1v) is 8.60. The lowest BCUT2D eigenvalue weighted by Crippen LogP contribution is -2.23. The molecule has 25 heavy (non-hydrogen) atoms. The van der Waals surface area contributed by atoms with Crippen LogP contribution in [0, 0.1) is 5.82 Å². The zero-order chi connectivity index (χ0) is 17.8. The largest absolute Gasteiger partial charge is 0.482 e. The Morgan fingerprint density at radius 3 is 2.72 bits per heavy atom. The van der Waals surface area contributed by atoms with Crippen LogP contribution in [0.1, 0.15) is 30.0 Å². The molecule has 1 heterocycles. The standard InChI is InChI=1S/C19H20ClFN2O2/c20-16-10-13(3-8-18(16)25-12-19(22)24)11-23-9-1-2-17(23)14-4-6-15(21)7-5-14/h3-8,10,17H,1-2,9,11-12H2,(H2,22,24)/t17-/m0/s1. The van der Waals surface area contributed by atoms with Crippen LogP contribution in [0.4, 0.5) is 4.39 Å². The fourth-order valence-corrected chi connectivity index (χ4v) is 3.48. The van der Waals surface area contributed by atoms with E-state index in [-0.39, 0.29) is 18.5 Å². The van der Waals surface area contributed by atoms with E-state index in [1.807, 2.05) is 24.3 Å². The van der Waals surface area contributed by atoms with Gasteiger partial charge in [0.05, 0.1) is 5.02 Å². The van der Waals surface area contributed by atoms with E-state index in [4.69, 9.17) is 22.1 Å². The van der Waals surface area contributed by atoms with Gasteiger partial charge in [-0.05, 0) is 54.8 Å². The molecule has 0 radical (unpaired) electrons. The molecule has 1 atom stereocenters. The van der Waals surface area contributed by atoms with Crippen LogP contribution in [0.25, 0.3) is 0 Å². The Bertz CT molecular complexity index is 752. The Kier molecular flexibility index (Phi) is 5.56. The fraction of sp³-hybridized carbons (Fsp3) is 0.316. The number of carbonyl (C=O) groups excluding carboxylic acids is 1. The molecule has 1 aliphatic heterocycles. The summed E-state index contributed by atoms with van der Waals surface area (Å²) in [5, 5.41) is 0.455. The van der Waals surface area contributed by atoms with E-state index in [9.17, 15) is 9.18 Å². The Morgan fingerprint density at radius 2 is 2.04 bits per heavy atom. The number of ether oxygens (including phenoxy) is 1. The number of rotatable bonds is 6. The number of amides is 1. The summed E-state index contributed by atoms with van der Waals surface area (Å²) in [4.78, 5) is 13.2. The van der Waals surface area contributed by atoms with Crippen molar-refractivity contribution in [1.29, 1.82) is 0 Å². The van der Waals surface area contributed by atoms with Crippen molar-refractivity contribution in [2.45, 2.75) is 25.4 Å². The maximum atomic E-state index is 13.1.